The highest BCUT2D eigenvalue weighted by Gasteiger charge is 2.26. The molecule has 7 heteroatoms. The zero-order valence-electron chi connectivity index (χ0n) is 16.2. The van der Waals surface area contributed by atoms with E-state index in [0.29, 0.717) is 32.2 Å². The van der Waals surface area contributed by atoms with Crippen LogP contribution in [0.25, 0.3) is 6.08 Å². The van der Waals surface area contributed by atoms with E-state index in [9.17, 15) is 14.4 Å². The lowest BCUT2D eigenvalue weighted by molar-refractivity contribution is -0.149. The van der Waals surface area contributed by atoms with Crippen molar-refractivity contribution in [3.8, 4) is 0 Å². The van der Waals surface area contributed by atoms with Gasteiger partial charge in [0.1, 0.15) is 0 Å². The summed E-state index contributed by atoms with van der Waals surface area (Å²) in [5.41, 5.74) is 3.35. The molecule has 0 atom stereocenters. The van der Waals surface area contributed by atoms with Crippen LogP contribution in [0.5, 0.6) is 0 Å². The highest BCUT2D eigenvalue weighted by Crippen LogP contribution is 2.38. The summed E-state index contributed by atoms with van der Waals surface area (Å²) in [6.45, 7) is 7.36. The normalized spacial score (nSPS) is 17.4. The summed E-state index contributed by atoms with van der Waals surface area (Å²) in [6, 6.07) is 2.66. The molecule has 146 valence electrons. The Balaban J connectivity index is 1.47. The Morgan fingerprint density at radius 2 is 1.74 bits per heavy atom. The molecule has 0 bridgehead atoms. The maximum absolute atomic E-state index is 12.2. The third-order valence-electron chi connectivity index (χ3n) is 5.25. The molecule has 2 amide bonds. The van der Waals surface area contributed by atoms with Crippen molar-refractivity contribution in [1.82, 2.24) is 14.4 Å². The molecule has 2 aliphatic rings. The van der Waals surface area contributed by atoms with Crippen LogP contribution >= 0.6 is 0 Å². The highest BCUT2D eigenvalue weighted by molar-refractivity contribution is 5.89. The molecule has 0 N–H and O–H groups in total. The van der Waals surface area contributed by atoms with Crippen LogP contribution in [-0.4, -0.2) is 64.9 Å². The lowest BCUT2D eigenvalue weighted by Crippen LogP contribution is -2.51. The van der Waals surface area contributed by atoms with E-state index in [2.05, 4.69) is 24.5 Å². The van der Waals surface area contributed by atoms with Gasteiger partial charge in [-0.15, -0.1) is 0 Å². The van der Waals surface area contributed by atoms with Gasteiger partial charge in [0.05, 0.1) is 0 Å². The molecule has 1 aliphatic carbocycles. The molecule has 1 saturated carbocycles. The van der Waals surface area contributed by atoms with Gasteiger partial charge in [-0.25, -0.2) is 4.79 Å². The molecule has 0 spiro atoms. The van der Waals surface area contributed by atoms with E-state index in [0.717, 1.165) is 11.3 Å². The second kappa shape index (κ2) is 7.98. The number of nitrogens with zero attached hydrogens (tertiary/aromatic N) is 3. The van der Waals surface area contributed by atoms with Crippen molar-refractivity contribution in [1.29, 1.82) is 0 Å². The molecule has 1 aromatic heterocycles. The summed E-state index contributed by atoms with van der Waals surface area (Å²) in [4.78, 5) is 38.7. The minimum atomic E-state index is -0.526. The van der Waals surface area contributed by atoms with E-state index in [-0.39, 0.29) is 18.4 Å². The first-order chi connectivity index (χ1) is 12.9. The molecule has 0 unspecified atom stereocenters. The molecule has 2 fully saturated rings. The number of ether oxygens (including phenoxy) is 1. The lowest BCUT2D eigenvalue weighted by Gasteiger charge is -2.34. The summed E-state index contributed by atoms with van der Waals surface area (Å²) >= 11 is 0. The first-order valence-electron chi connectivity index (χ1n) is 9.43. The Morgan fingerprint density at radius 1 is 1.11 bits per heavy atom. The number of aromatic nitrogens is 1. The number of carbonyl (C=O) groups is 3. The summed E-state index contributed by atoms with van der Waals surface area (Å²) in [6.07, 6.45) is 5.55. The van der Waals surface area contributed by atoms with E-state index < -0.39 is 5.97 Å². The van der Waals surface area contributed by atoms with Crippen molar-refractivity contribution in [2.24, 2.45) is 0 Å². The Labute approximate surface area is 159 Å². The minimum Gasteiger partial charge on any atom is -0.452 e. The van der Waals surface area contributed by atoms with E-state index in [1.807, 2.05) is 0 Å². The zero-order valence-corrected chi connectivity index (χ0v) is 16.2. The minimum absolute atomic E-state index is 0.0136. The topological polar surface area (TPSA) is 71.9 Å². The van der Waals surface area contributed by atoms with Gasteiger partial charge < -0.3 is 19.1 Å². The predicted molar refractivity (Wildman–Crippen MR) is 101 cm³/mol. The van der Waals surface area contributed by atoms with Crippen LogP contribution in [0.3, 0.4) is 0 Å². The van der Waals surface area contributed by atoms with Gasteiger partial charge in [0.15, 0.2) is 6.61 Å². The molecule has 2 heterocycles. The third-order valence-corrected chi connectivity index (χ3v) is 5.25. The van der Waals surface area contributed by atoms with Crippen LogP contribution in [0.15, 0.2) is 12.1 Å². The van der Waals surface area contributed by atoms with Gasteiger partial charge in [0.2, 0.25) is 5.91 Å². The number of piperazine rings is 1. The van der Waals surface area contributed by atoms with E-state index in [1.165, 1.54) is 31.5 Å². The monoisotopic (exact) mass is 373 g/mol. The van der Waals surface area contributed by atoms with Crippen LogP contribution in [0.1, 0.15) is 42.8 Å². The number of carbonyl (C=O) groups excluding carboxylic acids is 3. The van der Waals surface area contributed by atoms with E-state index >= 15 is 0 Å². The second-order valence-electron chi connectivity index (χ2n) is 7.26. The number of hydrogen-bond acceptors (Lipinski definition) is 4. The third kappa shape index (κ3) is 4.59. The molecular weight excluding hydrogens is 346 g/mol. The van der Waals surface area contributed by atoms with Gasteiger partial charge >= 0.3 is 5.97 Å². The van der Waals surface area contributed by atoms with Crippen molar-refractivity contribution in [3.63, 3.8) is 0 Å². The number of hydrogen-bond donors (Lipinski definition) is 0. The lowest BCUT2D eigenvalue weighted by atomic mass is 10.2. The average Bonchev–Trinajstić information content (AvgIpc) is 3.43. The average molecular weight is 373 g/mol. The molecule has 1 aliphatic heterocycles. The van der Waals surface area contributed by atoms with Gasteiger partial charge in [0, 0.05) is 56.6 Å². The van der Waals surface area contributed by atoms with Crippen LogP contribution in [0.2, 0.25) is 0 Å². The maximum Gasteiger partial charge on any atom is 0.331 e. The number of rotatable bonds is 5. The van der Waals surface area contributed by atoms with Gasteiger partial charge in [-0.1, -0.05) is 0 Å². The molecule has 1 saturated heterocycles. The Morgan fingerprint density at radius 3 is 2.33 bits per heavy atom. The molecular formula is C20H27N3O4. The quantitative estimate of drug-likeness (QED) is 0.582. The first kappa shape index (κ1) is 19.2. The molecule has 0 radical (unpaired) electrons. The second-order valence-corrected chi connectivity index (χ2v) is 7.26. The molecule has 1 aromatic rings. The molecule has 0 aromatic carbocycles. The SMILES string of the molecule is CC(=O)N1CCN(C(=O)COC(=O)/C=C/c2cc(C)n(C3CC3)c2C)CC1. The van der Waals surface area contributed by atoms with Crippen molar-refractivity contribution >= 4 is 23.9 Å². The Bertz CT molecular complexity index is 768. The van der Waals surface area contributed by atoms with Crippen LogP contribution in [0, 0.1) is 13.8 Å². The molecule has 27 heavy (non-hydrogen) atoms. The van der Waals surface area contributed by atoms with Crippen LogP contribution in [0.4, 0.5) is 0 Å². The van der Waals surface area contributed by atoms with Gasteiger partial charge in [-0.3, -0.25) is 9.59 Å². The smallest absolute Gasteiger partial charge is 0.331 e. The fraction of sp³-hybridized carbons (Fsp3) is 0.550. The van der Waals surface area contributed by atoms with Gasteiger partial charge in [-0.05, 0) is 44.4 Å². The van der Waals surface area contributed by atoms with Crippen molar-refractivity contribution in [2.75, 3.05) is 32.8 Å². The summed E-state index contributed by atoms with van der Waals surface area (Å²) < 4.78 is 7.40. The van der Waals surface area contributed by atoms with Crippen molar-refractivity contribution < 1.29 is 19.1 Å². The number of amides is 2. The summed E-state index contributed by atoms with van der Waals surface area (Å²) in [5.74, 6) is -0.742. The maximum atomic E-state index is 12.2. The fourth-order valence-corrected chi connectivity index (χ4v) is 3.57. The van der Waals surface area contributed by atoms with Crippen LogP contribution in [-0.2, 0) is 19.1 Å². The molecule has 3 rings (SSSR count). The number of esters is 1. The largest absolute Gasteiger partial charge is 0.452 e. The van der Waals surface area contributed by atoms with Gasteiger partial charge in [0.25, 0.3) is 5.91 Å². The fourth-order valence-electron chi connectivity index (χ4n) is 3.57. The van der Waals surface area contributed by atoms with Crippen molar-refractivity contribution in [3.05, 3.63) is 29.1 Å². The summed E-state index contributed by atoms with van der Waals surface area (Å²) in [5, 5.41) is 0. The Hall–Kier alpha value is -2.57. The van der Waals surface area contributed by atoms with Crippen molar-refractivity contribution in [2.45, 2.75) is 39.7 Å². The van der Waals surface area contributed by atoms with E-state index in [1.54, 1.807) is 15.9 Å². The number of aryl methyl sites for hydroxylation is 1. The van der Waals surface area contributed by atoms with Crippen LogP contribution < -0.4 is 0 Å². The standard InChI is InChI=1S/C20H27N3O4/c1-14-12-17(15(2)23(14)18-5-6-18)4-7-20(26)27-13-19(25)22-10-8-21(9-11-22)16(3)24/h4,7,12,18H,5-6,8-11,13H2,1-3H3/b7-4+. The Kier molecular flexibility index (Phi) is 5.68. The molecule has 7 nitrogen and oxygen atoms in total. The first-order valence-corrected chi connectivity index (χ1v) is 9.43. The van der Waals surface area contributed by atoms with E-state index in [4.69, 9.17) is 4.74 Å². The zero-order chi connectivity index (χ0) is 19.6. The highest BCUT2D eigenvalue weighted by atomic mass is 16.5. The van der Waals surface area contributed by atoms with Gasteiger partial charge in [-0.2, -0.15) is 0 Å². The predicted octanol–water partition coefficient (Wildman–Crippen LogP) is 1.69. The summed E-state index contributed by atoms with van der Waals surface area (Å²) in [7, 11) is 0.